The highest BCUT2D eigenvalue weighted by Gasteiger charge is 2.07. The maximum Gasteiger partial charge on any atom is 0.234 e. The zero-order valence-electron chi connectivity index (χ0n) is 11.9. The molecule has 3 nitrogen and oxygen atoms in total. The van der Waals surface area contributed by atoms with E-state index in [1.807, 2.05) is 54.1 Å². The lowest BCUT2D eigenvalue weighted by Crippen LogP contribution is -2.13. The Kier molecular flexibility index (Phi) is 4.92. The first-order valence-electron chi connectivity index (χ1n) is 6.69. The molecule has 1 aromatic carbocycles. The van der Waals surface area contributed by atoms with Crippen LogP contribution in [0.3, 0.4) is 0 Å². The molecule has 3 rings (SSSR count). The summed E-state index contributed by atoms with van der Waals surface area (Å²) in [5.41, 5.74) is 2.78. The Hall–Kier alpha value is -1.63. The number of aryl methyl sites for hydroxylation is 1. The molecule has 112 valence electrons. The average molecular weight is 347 g/mol. The van der Waals surface area contributed by atoms with Crippen LogP contribution < -0.4 is 5.32 Å². The second-order valence-corrected chi connectivity index (χ2v) is 7.89. The number of anilines is 1. The monoisotopic (exact) mass is 346 g/mol. The Morgan fingerprint density at radius 3 is 2.91 bits per heavy atom. The number of benzene rings is 1. The predicted octanol–water partition coefficient (Wildman–Crippen LogP) is 4.91. The summed E-state index contributed by atoms with van der Waals surface area (Å²) in [6.07, 6.45) is 0. The summed E-state index contributed by atoms with van der Waals surface area (Å²) in [6, 6.07) is 11.8. The molecule has 1 amide bonds. The summed E-state index contributed by atoms with van der Waals surface area (Å²) < 4.78 is 1.15. The molecule has 0 radical (unpaired) electrons. The van der Waals surface area contributed by atoms with E-state index in [4.69, 9.17) is 0 Å². The number of aromatic nitrogens is 1. The Balaban J connectivity index is 1.63. The molecule has 22 heavy (non-hydrogen) atoms. The summed E-state index contributed by atoms with van der Waals surface area (Å²) in [6.45, 7) is 1.99. The van der Waals surface area contributed by atoms with Crippen molar-refractivity contribution >= 4 is 46.0 Å². The molecule has 0 saturated heterocycles. The summed E-state index contributed by atoms with van der Waals surface area (Å²) >= 11 is 4.83. The molecule has 0 saturated carbocycles. The third-order valence-electron chi connectivity index (χ3n) is 2.90. The van der Waals surface area contributed by atoms with Crippen molar-refractivity contribution in [1.29, 1.82) is 0 Å². The highest BCUT2D eigenvalue weighted by Crippen LogP contribution is 2.25. The molecule has 6 heteroatoms. The first-order valence-corrected chi connectivity index (χ1v) is 9.44. The van der Waals surface area contributed by atoms with Gasteiger partial charge in [-0.15, -0.1) is 34.4 Å². The smallest absolute Gasteiger partial charge is 0.234 e. The van der Waals surface area contributed by atoms with Crippen molar-refractivity contribution in [3.05, 3.63) is 52.2 Å². The minimum Gasteiger partial charge on any atom is -0.325 e. The third kappa shape index (κ3) is 3.97. The van der Waals surface area contributed by atoms with Crippen molar-refractivity contribution in [3.8, 4) is 11.3 Å². The van der Waals surface area contributed by atoms with Gasteiger partial charge < -0.3 is 5.32 Å². The van der Waals surface area contributed by atoms with Crippen LogP contribution in [0.25, 0.3) is 11.3 Å². The highest BCUT2D eigenvalue weighted by molar-refractivity contribution is 8.01. The summed E-state index contributed by atoms with van der Waals surface area (Å²) in [7, 11) is 0. The second kappa shape index (κ2) is 7.09. The van der Waals surface area contributed by atoms with E-state index >= 15 is 0 Å². The first kappa shape index (κ1) is 15.3. The topological polar surface area (TPSA) is 42.0 Å². The summed E-state index contributed by atoms with van der Waals surface area (Å²) in [5.74, 6) is 0.422. The van der Waals surface area contributed by atoms with Gasteiger partial charge >= 0.3 is 0 Å². The molecule has 2 heterocycles. The number of rotatable bonds is 5. The van der Waals surface area contributed by atoms with E-state index in [0.29, 0.717) is 5.75 Å². The molecule has 0 bridgehead atoms. The number of thiazole rings is 1. The second-order valence-electron chi connectivity index (χ2n) is 4.60. The van der Waals surface area contributed by atoms with Crippen LogP contribution >= 0.6 is 34.4 Å². The van der Waals surface area contributed by atoms with Crippen molar-refractivity contribution in [2.75, 3.05) is 11.1 Å². The van der Waals surface area contributed by atoms with Gasteiger partial charge in [-0.05, 0) is 30.5 Å². The molecule has 0 spiro atoms. The number of nitrogens with one attached hydrogen (secondary N) is 1. The fraction of sp³-hybridized carbons (Fsp3) is 0.125. The van der Waals surface area contributed by atoms with Gasteiger partial charge in [-0.3, -0.25) is 4.79 Å². The van der Waals surface area contributed by atoms with Gasteiger partial charge in [0.2, 0.25) is 5.91 Å². The Morgan fingerprint density at radius 2 is 2.18 bits per heavy atom. The van der Waals surface area contributed by atoms with Crippen molar-refractivity contribution in [3.63, 3.8) is 0 Å². The maximum atomic E-state index is 12.0. The molecule has 0 fully saturated rings. The molecule has 3 aromatic rings. The molecule has 2 aromatic heterocycles. The third-order valence-corrected chi connectivity index (χ3v) is 5.81. The zero-order chi connectivity index (χ0) is 15.4. The molecule has 0 atom stereocenters. The fourth-order valence-electron chi connectivity index (χ4n) is 1.93. The Morgan fingerprint density at radius 1 is 1.27 bits per heavy atom. The van der Waals surface area contributed by atoms with Crippen LogP contribution in [0, 0.1) is 6.92 Å². The van der Waals surface area contributed by atoms with E-state index in [1.54, 1.807) is 34.4 Å². The number of nitrogens with zero attached hydrogens (tertiary/aromatic N) is 1. The molecule has 0 aliphatic heterocycles. The van der Waals surface area contributed by atoms with E-state index < -0.39 is 0 Å². The molecular weight excluding hydrogens is 332 g/mol. The van der Waals surface area contributed by atoms with Gasteiger partial charge in [0.1, 0.15) is 0 Å². The zero-order valence-corrected chi connectivity index (χ0v) is 14.4. The average Bonchev–Trinajstić information content (AvgIpc) is 3.17. The standard InChI is InChI=1S/C16H14N2OS3/c1-11-17-14(9-21-11)12-4-2-5-13(8-12)18-15(19)10-22-16-6-3-7-20-16/h2-9H,10H2,1H3,(H,18,19). The number of thioether (sulfide) groups is 1. The van der Waals surface area contributed by atoms with Crippen LogP contribution in [0.2, 0.25) is 0 Å². The van der Waals surface area contributed by atoms with Crippen molar-refractivity contribution in [2.45, 2.75) is 11.1 Å². The number of hydrogen-bond donors (Lipinski definition) is 1. The van der Waals surface area contributed by atoms with Gasteiger partial charge in [0.15, 0.2) is 0 Å². The lowest BCUT2D eigenvalue weighted by Gasteiger charge is -2.06. The van der Waals surface area contributed by atoms with Gasteiger partial charge in [-0.25, -0.2) is 4.98 Å². The lowest BCUT2D eigenvalue weighted by molar-refractivity contribution is -0.113. The van der Waals surface area contributed by atoms with E-state index in [-0.39, 0.29) is 5.91 Å². The normalized spacial score (nSPS) is 10.6. The van der Waals surface area contributed by atoms with Crippen molar-refractivity contribution in [2.24, 2.45) is 0 Å². The lowest BCUT2D eigenvalue weighted by atomic mass is 10.1. The fourth-order valence-corrected chi connectivity index (χ4v) is 4.14. The van der Waals surface area contributed by atoms with Crippen LogP contribution in [0.5, 0.6) is 0 Å². The molecular formula is C16H14N2OS3. The van der Waals surface area contributed by atoms with Crippen LogP contribution in [0.4, 0.5) is 5.69 Å². The molecule has 0 aliphatic carbocycles. The van der Waals surface area contributed by atoms with E-state index in [9.17, 15) is 4.79 Å². The SMILES string of the molecule is Cc1nc(-c2cccc(NC(=O)CSc3cccs3)c2)cs1. The minimum atomic E-state index is 0.00464. The van der Waals surface area contributed by atoms with Gasteiger partial charge in [-0.2, -0.15) is 0 Å². The highest BCUT2D eigenvalue weighted by atomic mass is 32.2. The summed E-state index contributed by atoms with van der Waals surface area (Å²) in [4.78, 5) is 16.5. The van der Waals surface area contributed by atoms with Crippen LogP contribution in [0.1, 0.15) is 5.01 Å². The quantitative estimate of drug-likeness (QED) is 0.667. The largest absolute Gasteiger partial charge is 0.325 e. The van der Waals surface area contributed by atoms with Crippen LogP contribution in [-0.2, 0) is 4.79 Å². The number of carbonyl (C=O) groups is 1. The number of carbonyl (C=O) groups excluding carboxylic acids is 1. The van der Waals surface area contributed by atoms with Gasteiger partial charge in [0.05, 0.1) is 20.7 Å². The minimum absolute atomic E-state index is 0.00464. The number of hydrogen-bond acceptors (Lipinski definition) is 5. The van der Waals surface area contributed by atoms with Gasteiger partial charge in [0, 0.05) is 16.6 Å². The van der Waals surface area contributed by atoms with Crippen molar-refractivity contribution in [1.82, 2.24) is 4.98 Å². The number of thiophene rings is 1. The maximum absolute atomic E-state index is 12.0. The number of amides is 1. The van der Waals surface area contributed by atoms with Gasteiger partial charge in [-0.1, -0.05) is 18.2 Å². The Bertz CT molecular complexity index is 765. The molecule has 1 N–H and O–H groups in total. The Labute approximate surface area is 141 Å². The van der Waals surface area contributed by atoms with E-state index in [1.165, 1.54) is 0 Å². The first-order chi connectivity index (χ1) is 10.7. The van der Waals surface area contributed by atoms with Crippen LogP contribution in [-0.4, -0.2) is 16.6 Å². The van der Waals surface area contributed by atoms with Crippen LogP contribution in [0.15, 0.2) is 51.4 Å². The van der Waals surface area contributed by atoms with Crippen molar-refractivity contribution < 1.29 is 4.79 Å². The molecule has 0 unspecified atom stereocenters. The van der Waals surface area contributed by atoms with E-state index in [0.717, 1.165) is 26.2 Å². The van der Waals surface area contributed by atoms with Gasteiger partial charge in [0.25, 0.3) is 0 Å². The van der Waals surface area contributed by atoms with E-state index in [2.05, 4.69) is 10.3 Å². The summed E-state index contributed by atoms with van der Waals surface area (Å²) in [5, 5.41) is 8.02. The molecule has 0 aliphatic rings. The predicted molar refractivity (Wildman–Crippen MR) is 96.0 cm³/mol.